The van der Waals surface area contributed by atoms with Gasteiger partial charge in [0.05, 0.1) is 23.5 Å². The Morgan fingerprint density at radius 2 is 2.14 bits per heavy atom. The minimum Gasteiger partial charge on any atom is -0.319 e. The number of amides is 1. The largest absolute Gasteiger partial charge is 0.319 e. The lowest BCUT2D eigenvalue weighted by molar-refractivity contribution is 0.102. The van der Waals surface area contributed by atoms with Crippen LogP contribution in [0.5, 0.6) is 0 Å². The molecule has 110 valence electrons. The number of piperidine rings is 1. The van der Waals surface area contributed by atoms with Crippen LogP contribution in [0.1, 0.15) is 34.8 Å². The molecule has 3 heterocycles. The molecule has 0 aromatic carbocycles. The maximum atomic E-state index is 12.2. The molecule has 0 atom stereocenters. The summed E-state index contributed by atoms with van der Waals surface area (Å²) in [5, 5.41) is 10.6. The number of rotatable bonds is 3. The molecule has 1 aliphatic rings. The predicted molar refractivity (Wildman–Crippen MR) is 80.3 cm³/mol. The van der Waals surface area contributed by atoms with Crippen molar-refractivity contribution in [2.75, 3.05) is 18.4 Å². The molecule has 2 N–H and O–H groups in total. The summed E-state index contributed by atoms with van der Waals surface area (Å²) >= 11 is 0. The van der Waals surface area contributed by atoms with Crippen LogP contribution in [0.2, 0.25) is 0 Å². The normalized spacial score (nSPS) is 15.9. The molecule has 0 aliphatic carbocycles. The maximum absolute atomic E-state index is 12.2. The number of nitrogens with zero attached hydrogens (tertiary/aromatic N) is 3. The van der Waals surface area contributed by atoms with Gasteiger partial charge in [0.15, 0.2) is 0 Å². The fourth-order valence-corrected chi connectivity index (χ4v) is 2.56. The summed E-state index contributed by atoms with van der Waals surface area (Å²) in [6, 6.07) is 2.23. The van der Waals surface area contributed by atoms with E-state index in [1.165, 1.54) is 0 Å². The highest BCUT2D eigenvalue weighted by Gasteiger charge is 2.16. The first-order valence-electron chi connectivity index (χ1n) is 7.20. The van der Waals surface area contributed by atoms with Gasteiger partial charge < -0.3 is 10.6 Å². The summed E-state index contributed by atoms with van der Waals surface area (Å²) < 4.78 is 1.95. The van der Waals surface area contributed by atoms with E-state index in [4.69, 9.17) is 0 Å². The smallest absolute Gasteiger partial charge is 0.257 e. The molecule has 0 bridgehead atoms. The molecule has 1 amide bonds. The zero-order chi connectivity index (χ0) is 14.7. The van der Waals surface area contributed by atoms with Crippen molar-refractivity contribution in [2.45, 2.75) is 25.8 Å². The standard InChI is InChI=1S/C15H19N5O/c1-11-6-12(8-17-7-11)15(21)19-13-9-18-20(10-13)14-2-4-16-5-3-14/h6-10,14,16H,2-5H2,1H3,(H,19,21). The summed E-state index contributed by atoms with van der Waals surface area (Å²) in [6.45, 7) is 3.95. The van der Waals surface area contributed by atoms with Gasteiger partial charge in [0, 0.05) is 18.6 Å². The number of carbonyl (C=O) groups is 1. The van der Waals surface area contributed by atoms with Gasteiger partial charge in [-0.2, -0.15) is 5.10 Å². The number of anilines is 1. The van der Waals surface area contributed by atoms with Gasteiger partial charge in [0.1, 0.15) is 0 Å². The van der Waals surface area contributed by atoms with Gasteiger partial charge in [-0.05, 0) is 44.5 Å². The Morgan fingerprint density at radius 1 is 1.33 bits per heavy atom. The minimum absolute atomic E-state index is 0.156. The fraction of sp³-hybridized carbons (Fsp3) is 0.400. The van der Waals surface area contributed by atoms with Crippen LogP contribution in [0.3, 0.4) is 0 Å². The van der Waals surface area contributed by atoms with Crippen molar-refractivity contribution in [3.05, 3.63) is 42.0 Å². The average molecular weight is 285 g/mol. The van der Waals surface area contributed by atoms with Crippen LogP contribution in [-0.2, 0) is 0 Å². The van der Waals surface area contributed by atoms with Crippen LogP contribution >= 0.6 is 0 Å². The molecule has 3 rings (SSSR count). The summed E-state index contributed by atoms with van der Waals surface area (Å²) in [5.41, 5.74) is 2.25. The molecule has 2 aromatic heterocycles. The fourth-order valence-electron chi connectivity index (χ4n) is 2.56. The maximum Gasteiger partial charge on any atom is 0.257 e. The Hall–Kier alpha value is -2.21. The zero-order valence-electron chi connectivity index (χ0n) is 12.0. The molecule has 1 fully saturated rings. The molecular formula is C15H19N5O. The molecular weight excluding hydrogens is 266 g/mol. The van der Waals surface area contributed by atoms with E-state index in [1.54, 1.807) is 18.6 Å². The summed E-state index contributed by atoms with van der Waals surface area (Å²) in [7, 11) is 0. The van der Waals surface area contributed by atoms with Crippen LogP contribution in [0.25, 0.3) is 0 Å². The van der Waals surface area contributed by atoms with Crippen LogP contribution in [-0.4, -0.2) is 33.8 Å². The molecule has 6 heteroatoms. The van der Waals surface area contributed by atoms with Crippen molar-refractivity contribution in [2.24, 2.45) is 0 Å². The molecule has 0 spiro atoms. The van der Waals surface area contributed by atoms with Gasteiger partial charge in [-0.15, -0.1) is 0 Å². The summed E-state index contributed by atoms with van der Waals surface area (Å²) in [4.78, 5) is 16.2. The Labute approximate surface area is 123 Å². The number of pyridine rings is 1. The average Bonchev–Trinajstić information content (AvgIpc) is 2.97. The lowest BCUT2D eigenvalue weighted by atomic mass is 10.1. The van der Waals surface area contributed by atoms with Crippen molar-refractivity contribution in [3.8, 4) is 0 Å². The summed E-state index contributed by atoms with van der Waals surface area (Å²) in [5.74, 6) is -0.156. The highest BCUT2D eigenvalue weighted by molar-refractivity contribution is 6.03. The van der Waals surface area contributed by atoms with E-state index in [1.807, 2.05) is 23.9 Å². The van der Waals surface area contributed by atoms with Gasteiger partial charge in [-0.1, -0.05) is 0 Å². The molecule has 1 aliphatic heterocycles. The van der Waals surface area contributed by atoms with Gasteiger partial charge >= 0.3 is 0 Å². The molecule has 2 aromatic rings. The van der Waals surface area contributed by atoms with Crippen LogP contribution in [0, 0.1) is 6.92 Å². The highest BCUT2D eigenvalue weighted by Crippen LogP contribution is 2.19. The topological polar surface area (TPSA) is 71.8 Å². The monoisotopic (exact) mass is 285 g/mol. The molecule has 0 saturated carbocycles. The lowest BCUT2D eigenvalue weighted by Gasteiger charge is -2.22. The number of nitrogens with one attached hydrogen (secondary N) is 2. The van der Waals surface area contributed by atoms with Gasteiger partial charge in [0.2, 0.25) is 0 Å². The lowest BCUT2D eigenvalue weighted by Crippen LogP contribution is -2.29. The number of hydrogen-bond acceptors (Lipinski definition) is 4. The quantitative estimate of drug-likeness (QED) is 0.901. The van der Waals surface area contributed by atoms with Crippen molar-refractivity contribution in [3.63, 3.8) is 0 Å². The van der Waals surface area contributed by atoms with Crippen molar-refractivity contribution in [1.82, 2.24) is 20.1 Å². The minimum atomic E-state index is -0.156. The highest BCUT2D eigenvalue weighted by atomic mass is 16.1. The Kier molecular flexibility index (Phi) is 3.96. The number of carbonyl (C=O) groups excluding carboxylic acids is 1. The third-order valence-corrected chi connectivity index (χ3v) is 3.68. The zero-order valence-corrected chi connectivity index (χ0v) is 12.0. The van der Waals surface area contributed by atoms with E-state index in [9.17, 15) is 4.79 Å². The number of aromatic nitrogens is 3. The summed E-state index contributed by atoms with van der Waals surface area (Å²) in [6.07, 6.45) is 9.03. The first-order valence-corrected chi connectivity index (χ1v) is 7.20. The Bertz CT molecular complexity index is 630. The van der Waals surface area contributed by atoms with Crippen molar-refractivity contribution < 1.29 is 4.79 Å². The Morgan fingerprint density at radius 3 is 2.90 bits per heavy atom. The van der Waals surface area contributed by atoms with Gasteiger partial charge in [-0.25, -0.2) is 0 Å². The van der Waals surface area contributed by atoms with Gasteiger partial charge in [-0.3, -0.25) is 14.5 Å². The van der Waals surface area contributed by atoms with Crippen molar-refractivity contribution in [1.29, 1.82) is 0 Å². The molecule has 6 nitrogen and oxygen atoms in total. The first-order chi connectivity index (χ1) is 10.2. The number of hydrogen-bond donors (Lipinski definition) is 2. The first kappa shape index (κ1) is 13.8. The molecule has 0 radical (unpaired) electrons. The van der Waals surface area contributed by atoms with E-state index >= 15 is 0 Å². The number of aryl methyl sites for hydroxylation is 1. The van der Waals surface area contributed by atoms with Crippen LogP contribution < -0.4 is 10.6 Å². The third-order valence-electron chi connectivity index (χ3n) is 3.68. The Balaban J connectivity index is 1.68. The van der Waals surface area contributed by atoms with E-state index < -0.39 is 0 Å². The molecule has 0 unspecified atom stereocenters. The second kappa shape index (κ2) is 6.05. The molecule has 21 heavy (non-hydrogen) atoms. The van der Waals surface area contributed by atoms with Crippen LogP contribution in [0.4, 0.5) is 5.69 Å². The van der Waals surface area contributed by atoms with E-state index in [0.717, 1.165) is 37.2 Å². The SMILES string of the molecule is Cc1cncc(C(=O)Nc2cnn(C3CCNCC3)c2)c1. The second-order valence-corrected chi connectivity index (χ2v) is 5.40. The third kappa shape index (κ3) is 3.28. The van der Waals surface area contributed by atoms with Gasteiger partial charge in [0.25, 0.3) is 5.91 Å². The second-order valence-electron chi connectivity index (χ2n) is 5.40. The predicted octanol–water partition coefficient (Wildman–Crippen LogP) is 1.76. The van der Waals surface area contributed by atoms with Crippen molar-refractivity contribution >= 4 is 11.6 Å². The molecule has 1 saturated heterocycles. The van der Waals surface area contributed by atoms with E-state index in [-0.39, 0.29) is 5.91 Å². The van der Waals surface area contributed by atoms with E-state index in [2.05, 4.69) is 20.7 Å². The van der Waals surface area contributed by atoms with Crippen LogP contribution in [0.15, 0.2) is 30.9 Å². The van der Waals surface area contributed by atoms with E-state index in [0.29, 0.717) is 11.6 Å².